The fourth-order valence-corrected chi connectivity index (χ4v) is 4.10. The first-order valence-electron chi connectivity index (χ1n) is 8.37. The molecule has 2 fully saturated rings. The molecule has 2 N–H and O–H groups in total. The van der Waals surface area contributed by atoms with Gasteiger partial charge in [0.1, 0.15) is 13.2 Å². The van der Waals surface area contributed by atoms with Gasteiger partial charge >= 0.3 is 0 Å². The third-order valence-corrected chi connectivity index (χ3v) is 5.38. The average molecular weight is 337 g/mol. The highest BCUT2D eigenvalue weighted by molar-refractivity contribution is 6.34. The molecule has 1 aromatic rings. The van der Waals surface area contributed by atoms with Gasteiger partial charge in [-0.25, -0.2) is 0 Å². The lowest BCUT2D eigenvalue weighted by Crippen LogP contribution is -2.39. The zero-order chi connectivity index (χ0) is 15.8. The fourth-order valence-electron chi connectivity index (χ4n) is 3.90. The number of carbonyl (C=O) groups is 1. The predicted octanol–water partition coefficient (Wildman–Crippen LogP) is 2.97. The van der Waals surface area contributed by atoms with E-state index in [1.165, 1.54) is 25.7 Å². The number of fused-ring (bicyclic) bond motifs is 2. The number of halogens is 1. The summed E-state index contributed by atoms with van der Waals surface area (Å²) in [5, 5.41) is 6.90. The van der Waals surface area contributed by atoms with E-state index in [0.29, 0.717) is 47.4 Å². The molecule has 5 nitrogen and oxygen atoms in total. The van der Waals surface area contributed by atoms with Crippen molar-refractivity contribution in [2.24, 2.45) is 5.92 Å². The van der Waals surface area contributed by atoms with E-state index in [4.69, 9.17) is 21.1 Å². The van der Waals surface area contributed by atoms with Crippen LogP contribution in [-0.2, 0) is 4.79 Å². The molecule has 0 spiro atoms. The molecule has 0 radical (unpaired) electrons. The van der Waals surface area contributed by atoms with Gasteiger partial charge in [0, 0.05) is 18.2 Å². The summed E-state index contributed by atoms with van der Waals surface area (Å²) in [6, 6.07) is 3.81. The minimum atomic E-state index is -0.132. The van der Waals surface area contributed by atoms with Crippen LogP contribution >= 0.6 is 11.6 Å². The highest BCUT2D eigenvalue weighted by Gasteiger charge is 2.38. The van der Waals surface area contributed by atoms with Crippen LogP contribution in [0.15, 0.2) is 12.1 Å². The maximum absolute atomic E-state index is 12.6. The minimum absolute atomic E-state index is 0.0158. The second kappa shape index (κ2) is 6.21. The molecule has 6 heteroatoms. The number of ether oxygens (including phenoxy) is 2. The molecular weight excluding hydrogens is 316 g/mol. The van der Waals surface area contributed by atoms with Crippen molar-refractivity contribution in [3.63, 3.8) is 0 Å². The fraction of sp³-hybridized carbons (Fsp3) is 0.588. The standard InChI is InChI=1S/C17H21ClN2O3/c18-11-8-15-16(23-6-5-22-15)9-13(11)20-17(21)14-7-10-3-1-2-4-12(10)19-14/h8-10,12,14,19H,1-7H2,(H,20,21). The second-order valence-electron chi connectivity index (χ2n) is 6.57. The Kier molecular flexibility index (Phi) is 4.07. The van der Waals surface area contributed by atoms with Crippen LogP contribution in [0.4, 0.5) is 5.69 Å². The number of anilines is 1. The van der Waals surface area contributed by atoms with Crippen LogP contribution < -0.4 is 20.1 Å². The number of nitrogens with one attached hydrogen (secondary N) is 2. The molecule has 1 aliphatic carbocycles. The second-order valence-corrected chi connectivity index (χ2v) is 6.98. The molecule has 2 heterocycles. The quantitative estimate of drug-likeness (QED) is 0.871. The van der Waals surface area contributed by atoms with Crippen molar-refractivity contribution in [3.05, 3.63) is 17.2 Å². The van der Waals surface area contributed by atoms with E-state index in [1.807, 2.05) is 0 Å². The lowest BCUT2D eigenvalue weighted by Gasteiger charge is -2.24. The summed E-state index contributed by atoms with van der Waals surface area (Å²) in [4.78, 5) is 12.6. The molecule has 3 unspecified atom stereocenters. The number of hydrogen-bond donors (Lipinski definition) is 2. The topological polar surface area (TPSA) is 59.6 Å². The van der Waals surface area contributed by atoms with Gasteiger partial charge in [0.15, 0.2) is 11.5 Å². The normalized spacial score (nSPS) is 29.0. The van der Waals surface area contributed by atoms with Gasteiger partial charge in [-0.3, -0.25) is 4.79 Å². The van der Waals surface area contributed by atoms with E-state index in [-0.39, 0.29) is 11.9 Å². The van der Waals surface area contributed by atoms with Gasteiger partial charge in [-0.05, 0) is 25.2 Å². The summed E-state index contributed by atoms with van der Waals surface area (Å²) in [7, 11) is 0. The van der Waals surface area contributed by atoms with Gasteiger partial charge in [0.05, 0.1) is 16.8 Å². The van der Waals surface area contributed by atoms with E-state index < -0.39 is 0 Å². The third kappa shape index (κ3) is 3.00. The van der Waals surface area contributed by atoms with Gasteiger partial charge in [0.25, 0.3) is 0 Å². The Balaban J connectivity index is 1.46. The van der Waals surface area contributed by atoms with Crippen LogP contribution in [0.1, 0.15) is 32.1 Å². The smallest absolute Gasteiger partial charge is 0.241 e. The van der Waals surface area contributed by atoms with Crippen LogP contribution in [-0.4, -0.2) is 31.2 Å². The van der Waals surface area contributed by atoms with Gasteiger partial charge in [-0.2, -0.15) is 0 Å². The van der Waals surface area contributed by atoms with E-state index in [0.717, 1.165) is 6.42 Å². The number of rotatable bonds is 2. The Morgan fingerprint density at radius 3 is 2.70 bits per heavy atom. The number of hydrogen-bond acceptors (Lipinski definition) is 4. The van der Waals surface area contributed by atoms with Crippen molar-refractivity contribution < 1.29 is 14.3 Å². The Morgan fingerprint density at radius 1 is 1.17 bits per heavy atom. The number of benzene rings is 1. The Morgan fingerprint density at radius 2 is 1.91 bits per heavy atom. The van der Waals surface area contributed by atoms with Gasteiger partial charge in [-0.15, -0.1) is 0 Å². The summed E-state index contributed by atoms with van der Waals surface area (Å²) in [6.07, 6.45) is 5.87. The van der Waals surface area contributed by atoms with Crippen molar-refractivity contribution in [1.82, 2.24) is 5.32 Å². The maximum atomic E-state index is 12.6. The minimum Gasteiger partial charge on any atom is -0.486 e. The number of amides is 1. The van der Waals surface area contributed by atoms with Crippen LogP contribution in [0.5, 0.6) is 11.5 Å². The summed E-state index contributed by atoms with van der Waals surface area (Å²) in [5.74, 6) is 1.88. The predicted molar refractivity (Wildman–Crippen MR) is 88.4 cm³/mol. The van der Waals surface area contributed by atoms with Crippen molar-refractivity contribution in [2.75, 3.05) is 18.5 Å². The van der Waals surface area contributed by atoms with Crippen LogP contribution in [0.3, 0.4) is 0 Å². The van der Waals surface area contributed by atoms with Crippen molar-refractivity contribution >= 4 is 23.2 Å². The lowest BCUT2D eigenvalue weighted by molar-refractivity contribution is -0.117. The average Bonchev–Trinajstić information content (AvgIpc) is 3.00. The molecular formula is C17H21ClN2O3. The zero-order valence-corrected chi connectivity index (χ0v) is 13.7. The van der Waals surface area contributed by atoms with Gasteiger partial charge < -0.3 is 20.1 Å². The summed E-state index contributed by atoms with van der Waals surface area (Å²) < 4.78 is 11.0. The molecule has 0 bridgehead atoms. The van der Waals surface area contributed by atoms with Crippen molar-refractivity contribution in [1.29, 1.82) is 0 Å². The summed E-state index contributed by atoms with van der Waals surface area (Å²) >= 11 is 6.26. The molecule has 3 atom stereocenters. The van der Waals surface area contributed by atoms with Gasteiger partial charge in [-0.1, -0.05) is 24.4 Å². The molecule has 1 saturated heterocycles. The Labute approximate surface area is 140 Å². The molecule has 4 rings (SSSR count). The van der Waals surface area contributed by atoms with E-state index in [2.05, 4.69) is 10.6 Å². The van der Waals surface area contributed by atoms with Gasteiger partial charge in [0.2, 0.25) is 5.91 Å². The van der Waals surface area contributed by atoms with Crippen molar-refractivity contribution in [2.45, 2.75) is 44.2 Å². The highest BCUT2D eigenvalue weighted by atomic mass is 35.5. The highest BCUT2D eigenvalue weighted by Crippen LogP contribution is 2.38. The molecule has 124 valence electrons. The van der Waals surface area contributed by atoms with E-state index in [1.54, 1.807) is 12.1 Å². The molecule has 3 aliphatic rings. The van der Waals surface area contributed by atoms with Crippen molar-refractivity contribution in [3.8, 4) is 11.5 Å². The molecule has 1 amide bonds. The molecule has 2 aliphatic heterocycles. The molecule has 1 saturated carbocycles. The zero-order valence-electron chi connectivity index (χ0n) is 12.9. The maximum Gasteiger partial charge on any atom is 0.241 e. The van der Waals surface area contributed by atoms with Crippen LogP contribution in [0, 0.1) is 5.92 Å². The monoisotopic (exact) mass is 336 g/mol. The summed E-state index contributed by atoms with van der Waals surface area (Å²) in [6.45, 7) is 1.03. The summed E-state index contributed by atoms with van der Waals surface area (Å²) in [5.41, 5.74) is 0.581. The Hall–Kier alpha value is -1.46. The number of carbonyl (C=O) groups excluding carboxylic acids is 1. The SMILES string of the molecule is O=C(Nc1cc2c(cc1Cl)OCCO2)C1CC2CCCCC2N1. The van der Waals surface area contributed by atoms with E-state index in [9.17, 15) is 4.79 Å². The lowest BCUT2D eigenvalue weighted by atomic mass is 9.85. The molecule has 0 aromatic heterocycles. The van der Waals surface area contributed by atoms with Crippen LogP contribution in [0.2, 0.25) is 5.02 Å². The first kappa shape index (κ1) is 15.1. The van der Waals surface area contributed by atoms with Crippen LogP contribution in [0.25, 0.3) is 0 Å². The first-order valence-corrected chi connectivity index (χ1v) is 8.74. The molecule has 23 heavy (non-hydrogen) atoms. The third-order valence-electron chi connectivity index (χ3n) is 5.07. The largest absolute Gasteiger partial charge is 0.486 e. The molecule has 1 aromatic carbocycles. The Bertz CT molecular complexity index is 608. The first-order chi connectivity index (χ1) is 11.2. The van der Waals surface area contributed by atoms with E-state index >= 15 is 0 Å².